The van der Waals surface area contributed by atoms with Gasteiger partial charge in [-0.15, -0.1) is 0 Å². The van der Waals surface area contributed by atoms with Gasteiger partial charge in [0.05, 0.1) is 19.8 Å². The standard InChI is InChI=1S/C19H21BrN2O2/c1-23-18-8-7-16(12-19(18)24-10-3-2-9-21)14-22-13-15-5-4-6-17(20)11-15/h4-8,11-12,22H,2-3,10,13-14H2,1H3. The Kier molecular flexibility index (Phi) is 7.60. The van der Waals surface area contributed by atoms with Gasteiger partial charge in [-0.2, -0.15) is 5.26 Å². The van der Waals surface area contributed by atoms with E-state index >= 15 is 0 Å². The van der Waals surface area contributed by atoms with Crippen molar-refractivity contribution in [3.05, 3.63) is 58.1 Å². The molecule has 0 atom stereocenters. The third kappa shape index (κ3) is 5.88. The molecule has 0 radical (unpaired) electrons. The molecule has 2 aromatic carbocycles. The van der Waals surface area contributed by atoms with Crippen LogP contribution in [-0.4, -0.2) is 13.7 Å². The molecule has 24 heavy (non-hydrogen) atoms. The molecule has 0 heterocycles. The fraction of sp³-hybridized carbons (Fsp3) is 0.316. The zero-order valence-electron chi connectivity index (χ0n) is 13.7. The Labute approximate surface area is 151 Å². The number of nitriles is 1. The van der Waals surface area contributed by atoms with Crippen LogP contribution in [0.25, 0.3) is 0 Å². The Hall–Kier alpha value is -2.03. The molecule has 5 heteroatoms. The molecule has 2 rings (SSSR count). The predicted molar refractivity (Wildman–Crippen MR) is 98.0 cm³/mol. The van der Waals surface area contributed by atoms with Crippen LogP contribution in [0, 0.1) is 11.3 Å². The van der Waals surface area contributed by atoms with Gasteiger partial charge in [0.15, 0.2) is 11.5 Å². The van der Waals surface area contributed by atoms with Gasteiger partial charge in [0.2, 0.25) is 0 Å². The molecule has 2 aromatic rings. The van der Waals surface area contributed by atoms with Crippen LogP contribution in [-0.2, 0) is 13.1 Å². The minimum atomic E-state index is 0.496. The van der Waals surface area contributed by atoms with E-state index in [-0.39, 0.29) is 0 Å². The van der Waals surface area contributed by atoms with E-state index in [1.807, 2.05) is 30.3 Å². The summed E-state index contributed by atoms with van der Waals surface area (Å²) in [6.45, 7) is 2.05. The van der Waals surface area contributed by atoms with Crippen molar-refractivity contribution >= 4 is 15.9 Å². The number of ether oxygens (including phenoxy) is 2. The van der Waals surface area contributed by atoms with Crippen LogP contribution in [0.15, 0.2) is 46.9 Å². The summed E-state index contributed by atoms with van der Waals surface area (Å²) in [5, 5.41) is 12.0. The van der Waals surface area contributed by atoms with Crippen LogP contribution >= 0.6 is 15.9 Å². The Morgan fingerprint density at radius 2 is 1.88 bits per heavy atom. The lowest BCUT2D eigenvalue weighted by atomic mass is 10.2. The lowest BCUT2D eigenvalue weighted by molar-refractivity contribution is 0.290. The molecule has 0 aliphatic heterocycles. The summed E-state index contributed by atoms with van der Waals surface area (Å²) in [5.74, 6) is 1.43. The molecular formula is C19H21BrN2O2. The number of nitrogens with one attached hydrogen (secondary N) is 1. The normalized spacial score (nSPS) is 10.2. The molecule has 0 aliphatic carbocycles. The first-order chi connectivity index (χ1) is 11.7. The predicted octanol–water partition coefficient (Wildman–Crippen LogP) is 4.43. The second-order valence-corrected chi connectivity index (χ2v) is 6.24. The third-order valence-corrected chi connectivity index (χ3v) is 3.96. The summed E-state index contributed by atoms with van der Waals surface area (Å²) in [5.41, 5.74) is 2.35. The number of halogens is 1. The first kappa shape index (κ1) is 18.3. The van der Waals surface area contributed by atoms with Gasteiger partial charge in [-0.25, -0.2) is 0 Å². The zero-order chi connectivity index (χ0) is 17.2. The van der Waals surface area contributed by atoms with Crippen molar-refractivity contribution in [1.29, 1.82) is 5.26 Å². The lowest BCUT2D eigenvalue weighted by Gasteiger charge is -2.12. The number of methoxy groups -OCH3 is 1. The Morgan fingerprint density at radius 1 is 1.08 bits per heavy atom. The molecule has 0 saturated heterocycles. The van der Waals surface area contributed by atoms with Gasteiger partial charge >= 0.3 is 0 Å². The van der Waals surface area contributed by atoms with Gasteiger partial charge in [0.25, 0.3) is 0 Å². The van der Waals surface area contributed by atoms with Crippen molar-refractivity contribution < 1.29 is 9.47 Å². The highest BCUT2D eigenvalue weighted by atomic mass is 79.9. The van der Waals surface area contributed by atoms with E-state index in [1.165, 1.54) is 5.56 Å². The molecule has 126 valence electrons. The topological polar surface area (TPSA) is 54.3 Å². The van der Waals surface area contributed by atoms with Gasteiger partial charge in [0.1, 0.15) is 0 Å². The minimum absolute atomic E-state index is 0.496. The van der Waals surface area contributed by atoms with E-state index < -0.39 is 0 Å². The third-order valence-electron chi connectivity index (χ3n) is 3.47. The van der Waals surface area contributed by atoms with Gasteiger partial charge < -0.3 is 14.8 Å². The molecule has 0 aliphatic rings. The van der Waals surface area contributed by atoms with E-state index in [0.717, 1.165) is 28.9 Å². The average molecular weight is 389 g/mol. The maximum Gasteiger partial charge on any atom is 0.161 e. The fourth-order valence-electron chi connectivity index (χ4n) is 2.28. The summed E-state index contributed by atoms with van der Waals surface area (Å²) < 4.78 is 12.2. The summed E-state index contributed by atoms with van der Waals surface area (Å²) in [7, 11) is 1.63. The number of rotatable bonds is 9. The Morgan fingerprint density at radius 3 is 2.58 bits per heavy atom. The smallest absolute Gasteiger partial charge is 0.161 e. The molecule has 4 nitrogen and oxygen atoms in total. The van der Waals surface area contributed by atoms with E-state index in [4.69, 9.17) is 14.7 Å². The molecule has 1 N–H and O–H groups in total. The molecule has 0 amide bonds. The SMILES string of the molecule is COc1ccc(CNCc2cccc(Br)c2)cc1OCCCC#N. The first-order valence-corrected chi connectivity index (χ1v) is 8.64. The molecule has 0 spiro atoms. The van der Waals surface area contributed by atoms with Crippen LogP contribution in [0.5, 0.6) is 11.5 Å². The average Bonchev–Trinajstić information content (AvgIpc) is 2.59. The maximum atomic E-state index is 8.58. The van der Waals surface area contributed by atoms with Crippen molar-refractivity contribution in [2.45, 2.75) is 25.9 Å². The van der Waals surface area contributed by atoms with Crippen LogP contribution in [0.4, 0.5) is 0 Å². The summed E-state index contributed by atoms with van der Waals surface area (Å²) >= 11 is 3.48. The summed E-state index contributed by atoms with van der Waals surface area (Å²) in [6, 6.07) is 16.3. The first-order valence-electron chi connectivity index (χ1n) is 7.84. The quantitative estimate of drug-likeness (QED) is 0.645. The largest absolute Gasteiger partial charge is 0.493 e. The minimum Gasteiger partial charge on any atom is -0.493 e. The van der Waals surface area contributed by atoms with Crippen LogP contribution < -0.4 is 14.8 Å². The van der Waals surface area contributed by atoms with Crippen molar-refractivity contribution in [1.82, 2.24) is 5.32 Å². The maximum absolute atomic E-state index is 8.58. The highest BCUT2D eigenvalue weighted by Crippen LogP contribution is 2.28. The van der Waals surface area contributed by atoms with E-state index in [1.54, 1.807) is 7.11 Å². The van der Waals surface area contributed by atoms with Gasteiger partial charge in [-0.1, -0.05) is 34.1 Å². The van der Waals surface area contributed by atoms with E-state index in [2.05, 4.69) is 39.4 Å². The number of unbranched alkanes of at least 4 members (excludes halogenated alkanes) is 1. The number of benzene rings is 2. The highest BCUT2D eigenvalue weighted by molar-refractivity contribution is 9.10. The van der Waals surface area contributed by atoms with Crippen molar-refractivity contribution in [2.24, 2.45) is 0 Å². The molecule has 0 unspecified atom stereocenters. The van der Waals surface area contributed by atoms with Crippen LogP contribution in [0.3, 0.4) is 0 Å². The summed E-state index contributed by atoms with van der Waals surface area (Å²) in [6.07, 6.45) is 1.21. The second-order valence-electron chi connectivity index (χ2n) is 5.33. The van der Waals surface area contributed by atoms with Crippen molar-refractivity contribution in [2.75, 3.05) is 13.7 Å². The van der Waals surface area contributed by atoms with Gasteiger partial charge in [-0.3, -0.25) is 0 Å². The van der Waals surface area contributed by atoms with Crippen molar-refractivity contribution in [3.8, 4) is 17.6 Å². The zero-order valence-corrected chi connectivity index (χ0v) is 15.3. The number of hydrogen-bond acceptors (Lipinski definition) is 4. The highest BCUT2D eigenvalue weighted by Gasteiger charge is 2.06. The van der Waals surface area contributed by atoms with Gasteiger partial charge in [-0.05, 0) is 41.8 Å². The van der Waals surface area contributed by atoms with Gasteiger partial charge in [0, 0.05) is 24.0 Å². The van der Waals surface area contributed by atoms with E-state index in [0.29, 0.717) is 25.2 Å². The Balaban J connectivity index is 1.91. The lowest BCUT2D eigenvalue weighted by Crippen LogP contribution is -2.12. The number of hydrogen-bond donors (Lipinski definition) is 1. The van der Waals surface area contributed by atoms with Crippen LogP contribution in [0.2, 0.25) is 0 Å². The second kappa shape index (κ2) is 9.96. The summed E-state index contributed by atoms with van der Waals surface area (Å²) in [4.78, 5) is 0. The Bertz CT molecular complexity index is 698. The van der Waals surface area contributed by atoms with Crippen molar-refractivity contribution in [3.63, 3.8) is 0 Å². The van der Waals surface area contributed by atoms with Crippen LogP contribution in [0.1, 0.15) is 24.0 Å². The molecular weight excluding hydrogens is 368 g/mol. The molecule has 0 bridgehead atoms. The van der Waals surface area contributed by atoms with E-state index in [9.17, 15) is 0 Å². The number of nitrogens with zero attached hydrogens (tertiary/aromatic N) is 1. The molecule has 0 fully saturated rings. The monoisotopic (exact) mass is 388 g/mol. The molecule has 0 aromatic heterocycles. The fourth-order valence-corrected chi connectivity index (χ4v) is 2.72. The molecule has 0 saturated carbocycles.